The molecular formula is C26H27N3O3. The molecule has 0 aliphatic rings. The van der Waals surface area contributed by atoms with Crippen molar-refractivity contribution in [3.8, 4) is 5.75 Å². The molecule has 0 saturated heterocycles. The molecule has 6 heteroatoms. The Balaban J connectivity index is 1.60. The predicted molar refractivity (Wildman–Crippen MR) is 126 cm³/mol. The molecule has 3 rings (SSSR count). The summed E-state index contributed by atoms with van der Waals surface area (Å²) in [4.78, 5) is 25.1. The van der Waals surface area contributed by atoms with Crippen LogP contribution in [0.4, 0.5) is 0 Å². The number of rotatable bonds is 10. The third-order valence-corrected chi connectivity index (χ3v) is 4.69. The Hall–Kier alpha value is -3.93. The molecule has 2 amide bonds. The first-order chi connectivity index (χ1) is 15.7. The highest BCUT2D eigenvalue weighted by molar-refractivity contribution is 5.94. The maximum absolute atomic E-state index is 12.6. The Labute approximate surface area is 188 Å². The molecule has 0 unspecified atom stereocenters. The van der Waals surface area contributed by atoms with Crippen LogP contribution in [0, 0.1) is 0 Å². The van der Waals surface area contributed by atoms with Crippen molar-refractivity contribution >= 4 is 18.0 Å². The van der Waals surface area contributed by atoms with Crippen molar-refractivity contribution in [1.82, 2.24) is 10.7 Å². The molecule has 0 spiro atoms. The number of nitrogens with one attached hydrogen (secondary N) is 2. The van der Waals surface area contributed by atoms with Gasteiger partial charge in [0.15, 0.2) is 0 Å². The van der Waals surface area contributed by atoms with E-state index in [9.17, 15) is 9.59 Å². The molecule has 1 atom stereocenters. The van der Waals surface area contributed by atoms with Gasteiger partial charge in [-0.15, -0.1) is 0 Å². The Morgan fingerprint density at radius 3 is 2.25 bits per heavy atom. The highest BCUT2D eigenvalue weighted by Gasteiger charge is 2.19. The third-order valence-electron chi connectivity index (χ3n) is 4.69. The van der Waals surface area contributed by atoms with E-state index in [4.69, 9.17) is 4.74 Å². The molecule has 3 aromatic carbocycles. The van der Waals surface area contributed by atoms with E-state index < -0.39 is 6.04 Å². The molecule has 0 aromatic heterocycles. The summed E-state index contributed by atoms with van der Waals surface area (Å²) in [6.45, 7) is 2.73. The first-order valence-corrected chi connectivity index (χ1v) is 10.6. The standard InChI is InChI=1S/C26H27N3O3/c1-2-17-32-23-15-13-20(14-16-23)19-27-29-25(30)18-24(21-9-5-3-6-10-21)28-26(31)22-11-7-4-8-12-22/h3-16,19,24H,2,17-18H2,1H3,(H,28,31)(H,29,30)/b27-19-/t24-/m1/s1. The van der Waals surface area contributed by atoms with Gasteiger partial charge in [0.2, 0.25) is 5.91 Å². The largest absolute Gasteiger partial charge is 0.494 e. The number of amides is 2. The normalized spacial score (nSPS) is 11.7. The average molecular weight is 430 g/mol. The van der Waals surface area contributed by atoms with Gasteiger partial charge < -0.3 is 10.1 Å². The molecule has 2 N–H and O–H groups in total. The van der Waals surface area contributed by atoms with Gasteiger partial charge in [-0.1, -0.05) is 55.5 Å². The van der Waals surface area contributed by atoms with E-state index in [0.29, 0.717) is 12.2 Å². The fourth-order valence-electron chi connectivity index (χ4n) is 3.05. The number of hydrogen-bond acceptors (Lipinski definition) is 4. The third kappa shape index (κ3) is 7.09. The fraction of sp³-hybridized carbons (Fsp3) is 0.192. The summed E-state index contributed by atoms with van der Waals surface area (Å²) in [5.74, 6) is 0.264. The Morgan fingerprint density at radius 1 is 0.938 bits per heavy atom. The average Bonchev–Trinajstić information content (AvgIpc) is 2.84. The fourth-order valence-corrected chi connectivity index (χ4v) is 3.05. The van der Waals surface area contributed by atoms with Crippen molar-refractivity contribution in [3.63, 3.8) is 0 Å². The van der Waals surface area contributed by atoms with Crippen molar-refractivity contribution < 1.29 is 14.3 Å². The molecule has 0 bridgehead atoms. The molecule has 0 aliphatic heterocycles. The number of carbonyl (C=O) groups excluding carboxylic acids is 2. The molecule has 0 radical (unpaired) electrons. The second kappa shape index (κ2) is 12.1. The zero-order valence-electron chi connectivity index (χ0n) is 18.0. The van der Waals surface area contributed by atoms with Crippen molar-refractivity contribution in [2.45, 2.75) is 25.8 Å². The number of carbonyl (C=O) groups is 2. The van der Waals surface area contributed by atoms with E-state index in [1.807, 2.05) is 60.7 Å². The summed E-state index contributed by atoms with van der Waals surface area (Å²) in [6, 6.07) is 25.3. The van der Waals surface area contributed by atoms with Gasteiger partial charge in [0.1, 0.15) is 5.75 Å². The van der Waals surface area contributed by atoms with Crippen LogP contribution in [-0.4, -0.2) is 24.6 Å². The van der Waals surface area contributed by atoms with Gasteiger partial charge in [0.25, 0.3) is 5.91 Å². The summed E-state index contributed by atoms with van der Waals surface area (Å²) < 4.78 is 5.55. The van der Waals surface area contributed by atoms with Gasteiger partial charge in [-0.25, -0.2) is 5.43 Å². The lowest BCUT2D eigenvalue weighted by molar-refractivity contribution is -0.121. The smallest absolute Gasteiger partial charge is 0.251 e. The minimum Gasteiger partial charge on any atom is -0.494 e. The molecule has 32 heavy (non-hydrogen) atoms. The van der Waals surface area contributed by atoms with Crippen LogP contribution in [0.1, 0.15) is 47.3 Å². The van der Waals surface area contributed by atoms with Crippen molar-refractivity contribution in [2.24, 2.45) is 5.10 Å². The second-order valence-electron chi connectivity index (χ2n) is 7.22. The van der Waals surface area contributed by atoms with Crippen LogP contribution in [0.2, 0.25) is 0 Å². The van der Waals surface area contributed by atoms with Gasteiger partial charge in [-0.2, -0.15) is 5.10 Å². The van der Waals surface area contributed by atoms with Crippen LogP contribution < -0.4 is 15.5 Å². The molecule has 3 aromatic rings. The molecule has 0 fully saturated rings. The summed E-state index contributed by atoms with van der Waals surface area (Å²) in [6.07, 6.45) is 2.58. The SMILES string of the molecule is CCCOc1ccc(/C=N\NC(=O)C[C@@H](NC(=O)c2ccccc2)c2ccccc2)cc1. The monoisotopic (exact) mass is 429 g/mol. The summed E-state index contributed by atoms with van der Waals surface area (Å²) in [5.41, 5.74) is 4.77. The maximum atomic E-state index is 12.6. The summed E-state index contributed by atoms with van der Waals surface area (Å²) in [7, 11) is 0. The van der Waals surface area contributed by atoms with Gasteiger partial charge in [0, 0.05) is 5.56 Å². The van der Waals surface area contributed by atoms with Crippen LogP contribution in [0.5, 0.6) is 5.75 Å². The molecule has 0 heterocycles. The Morgan fingerprint density at radius 2 is 1.59 bits per heavy atom. The minimum absolute atomic E-state index is 0.0592. The van der Waals surface area contributed by atoms with E-state index in [1.165, 1.54) is 0 Å². The van der Waals surface area contributed by atoms with Crippen LogP contribution in [0.25, 0.3) is 0 Å². The topological polar surface area (TPSA) is 79.8 Å². The number of hydrogen-bond donors (Lipinski definition) is 2. The first-order valence-electron chi connectivity index (χ1n) is 10.6. The molecular weight excluding hydrogens is 402 g/mol. The number of nitrogens with zero attached hydrogens (tertiary/aromatic N) is 1. The van der Waals surface area contributed by atoms with E-state index in [0.717, 1.165) is 23.3 Å². The van der Waals surface area contributed by atoms with E-state index in [2.05, 4.69) is 22.8 Å². The van der Waals surface area contributed by atoms with Crippen LogP contribution in [0.15, 0.2) is 90.0 Å². The number of hydrazone groups is 1. The van der Waals surface area contributed by atoms with Gasteiger partial charge in [-0.05, 0) is 53.9 Å². The minimum atomic E-state index is -0.478. The lowest BCUT2D eigenvalue weighted by Crippen LogP contribution is -2.32. The van der Waals surface area contributed by atoms with Gasteiger partial charge in [-0.3, -0.25) is 9.59 Å². The Kier molecular flexibility index (Phi) is 8.57. The van der Waals surface area contributed by atoms with Crippen LogP contribution in [-0.2, 0) is 4.79 Å². The van der Waals surface area contributed by atoms with Gasteiger partial charge in [0.05, 0.1) is 25.3 Å². The zero-order chi connectivity index (χ0) is 22.6. The van der Waals surface area contributed by atoms with E-state index >= 15 is 0 Å². The first kappa shape index (κ1) is 22.7. The van der Waals surface area contributed by atoms with E-state index in [1.54, 1.807) is 30.5 Å². The maximum Gasteiger partial charge on any atom is 0.251 e. The number of benzene rings is 3. The Bertz CT molecular complexity index is 1020. The lowest BCUT2D eigenvalue weighted by atomic mass is 10.0. The van der Waals surface area contributed by atoms with Crippen molar-refractivity contribution in [3.05, 3.63) is 102 Å². The van der Waals surface area contributed by atoms with Crippen LogP contribution >= 0.6 is 0 Å². The van der Waals surface area contributed by atoms with Crippen molar-refractivity contribution in [1.29, 1.82) is 0 Å². The summed E-state index contributed by atoms with van der Waals surface area (Å²) >= 11 is 0. The molecule has 6 nitrogen and oxygen atoms in total. The molecule has 0 aliphatic carbocycles. The van der Waals surface area contributed by atoms with Gasteiger partial charge >= 0.3 is 0 Å². The highest BCUT2D eigenvalue weighted by Crippen LogP contribution is 2.17. The van der Waals surface area contributed by atoms with E-state index in [-0.39, 0.29) is 18.2 Å². The van der Waals surface area contributed by atoms with Crippen LogP contribution in [0.3, 0.4) is 0 Å². The molecule has 0 saturated carbocycles. The highest BCUT2D eigenvalue weighted by atomic mass is 16.5. The summed E-state index contributed by atoms with van der Waals surface area (Å²) in [5, 5.41) is 6.99. The molecule has 164 valence electrons. The number of ether oxygens (including phenoxy) is 1. The zero-order valence-corrected chi connectivity index (χ0v) is 18.0. The predicted octanol–water partition coefficient (Wildman–Crippen LogP) is 4.49. The lowest BCUT2D eigenvalue weighted by Gasteiger charge is -2.18. The second-order valence-corrected chi connectivity index (χ2v) is 7.22. The quantitative estimate of drug-likeness (QED) is 0.368. The van der Waals surface area contributed by atoms with Crippen molar-refractivity contribution in [2.75, 3.05) is 6.61 Å².